The largest absolute Gasteiger partial charge is 0.489 e. The molecule has 3 aromatic rings. The van der Waals surface area contributed by atoms with Crippen molar-refractivity contribution in [2.45, 2.75) is 32.3 Å². The second kappa shape index (κ2) is 9.02. The van der Waals surface area contributed by atoms with Crippen LogP contribution in [0.4, 0.5) is 0 Å². The molecule has 30 heavy (non-hydrogen) atoms. The molecule has 0 fully saturated rings. The van der Waals surface area contributed by atoms with Crippen LogP contribution in [0.3, 0.4) is 0 Å². The number of hydrogen-bond donors (Lipinski definition) is 1. The fraction of sp³-hybridized carbons (Fsp3) is 0.174. The maximum atomic E-state index is 12.7. The van der Waals surface area contributed by atoms with E-state index in [0.717, 1.165) is 21.2 Å². The Labute approximate surface area is 185 Å². The van der Waals surface area contributed by atoms with E-state index < -0.39 is 15.9 Å². The molecular weight excluding hydrogens is 466 g/mol. The SMILES string of the molecule is Cc1ccc(OCc2c(C)cccc2C)cc1C(=O)NS(=O)(=O)c1ccc(Br)cc1. The third-order valence-corrected chi connectivity index (χ3v) is 6.71. The molecule has 0 radical (unpaired) electrons. The van der Waals surface area contributed by atoms with Gasteiger partial charge in [-0.3, -0.25) is 4.79 Å². The zero-order chi connectivity index (χ0) is 21.9. The monoisotopic (exact) mass is 487 g/mol. The lowest BCUT2D eigenvalue weighted by Crippen LogP contribution is -2.31. The average molecular weight is 488 g/mol. The third-order valence-electron chi connectivity index (χ3n) is 4.83. The summed E-state index contributed by atoms with van der Waals surface area (Å²) in [5, 5.41) is 0. The van der Waals surface area contributed by atoms with E-state index in [9.17, 15) is 13.2 Å². The predicted octanol–water partition coefficient (Wildman–Crippen LogP) is 5.07. The van der Waals surface area contributed by atoms with Crippen LogP contribution in [0.5, 0.6) is 5.75 Å². The predicted molar refractivity (Wildman–Crippen MR) is 120 cm³/mol. The summed E-state index contributed by atoms with van der Waals surface area (Å²) >= 11 is 3.26. The summed E-state index contributed by atoms with van der Waals surface area (Å²) in [7, 11) is -3.98. The molecule has 7 heteroatoms. The number of carbonyl (C=O) groups excluding carboxylic acids is 1. The third kappa shape index (κ3) is 5.09. The Kier molecular flexibility index (Phi) is 6.63. The number of carbonyl (C=O) groups is 1. The highest BCUT2D eigenvalue weighted by molar-refractivity contribution is 9.10. The fourth-order valence-corrected chi connectivity index (χ4v) is 4.25. The van der Waals surface area contributed by atoms with Gasteiger partial charge in [0, 0.05) is 10.0 Å². The summed E-state index contributed by atoms with van der Waals surface area (Å²) in [4.78, 5) is 12.7. The van der Waals surface area contributed by atoms with E-state index in [4.69, 9.17) is 4.74 Å². The van der Waals surface area contributed by atoms with E-state index in [1.54, 1.807) is 37.3 Å². The lowest BCUT2D eigenvalue weighted by Gasteiger charge is -2.14. The minimum absolute atomic E-state index is 0.0131. The summed E-state index contributed by atoms with van der Waals surface area (Å²) in [5.74, 6) is -0.206. The van der Waals surface area contributed by atoms with E-state index in [1.807, 2.05) is 32.0 Å². The maximum absolute atomic E-state index is 12.7. The van der Waals surface area contributed by atoms with E-state index >= 15 is 0 Å². The van der Waals surface area contributed by atoms with Gasteiger partial charge in [0.2, 0.25) is 0 Å². The van der Waals surface area contributed by atoms with E-state index in [1.165, 1.54) is 12.1 Å². The highest BCUT2D eigenvalue weighted by Gasteiger charge is 2.20. The zero-order valence-corrected chi connectivity index (χ0v) is 19.3. The summed E-state index contributed by atoms with van der Waals surface area (Å²) < 4.78 is 33.8. The molecule has 0 aromatic heterocycles. The lowest BCUT2D eigenvalue weighted by atomic mass is 10.0. The van der Waals surface area contributed by atoms with Crippen LogP contribution in [0.15, 0.2) is 70.0 Å². The number of benzene rings is 3. The Morgan fingerprint density at radius 3 is 2.20 bits per heavy atom. The van der Waals surface area contributed by atoms with Crippen LogP contribution in [-0.2, 0) is 16.6 Å². The lowest BCUT2D eigenvalue weighted by molar-refractivity contribution is 0.0980. The summed E-state index contributed by atoms with van der Waals surface area (Å²) in [6.45, 7) is 6.15. The number of rotatable bonds is 6. The molecule has 0 atom stereocenters. The smallest absolute Gasteiger partial charge is 0.265 e. The summed E-state index contributed by atoms with van der Waals surface area (Å²) in [6.07, 6.45) is 0. The summed E-state index contributed by atoms with van der Waals surface area (Å²) in [5.41, 5.74) is 4.23. The van der Waals surface area contributed by atoms with Crippen molar-refractivity contribution in [3.05, 3.63) is 93.0 Å². The Morgan fingerprint density at radius 1 is 0.933 bits per heavy atom. The van der Waals surface area contributed by atoms with Crippen LogP contribution in [0.2, 0.25) is 0 Å². The molecule has 3 aromatic carbocycles. The molecule has 0 heterocycles. The van der Waals surface area contributed by atoms with Crippen LogP contribution in [0.1, 0.15) is 32.6 Å². The molecule has 0 spiro atoms. The van der Waals surface area contributed by atoms with Gasteiger partial charge < -0.3 is 4.74 Å². The van der Waals surface area contributed by atoms with Gasteiger partial charge in [-0.15, -0.1) is 0 Å². The molecule has 1 amide bonds. The highest BCUT2D eigenvalue weighted by atomic mass is 79.9. The molecule has 0 saturated heterocycles. The molecule has 3 rings (SSSR count). The molecule has 0 saturated carbocycles. The van der Waals surface area contributed by atoms with Crippen LogP contribution in [0.25, 0.3) is 0 Å². The van der Waals surface area contributed by atoms with Gasteiger partial charge in [0.05, 0.1) is 4.90 Å². The van der Waals surface area contributed by atoms with Crippen LogP contribution in [-0.4, -0.2) is 14.3 Å². The molecule has 0 aliphatic carbocycles. The standard InChI is InChI=1S/C23H22BrNO4S/c1-15-5-4-6-16(2)22(15)14-29-19-10-7-17(3)21(13-19)23(26)25-30(27,28)20-11-8-18(24)9-12-20/h4-13H,14H2,1-3H3,(H,25,26). The van der Waals surface area contributed by atoms with Crippen LogP contribution < -0.4 is 9.46 Å². The van der Waals surface area contributed by atoms with Crippen molar-refractivity contribution in [1.29, 1.82) is 0 Å². The van der Waals surface area contributed by atoms with E-state index in [-0.39, 0.29) is 10.5 Å². The van der Waals surface area contributed by atoms with Crippen molar-refractivity contribution >= 4 is 31.9 Å². The Balaban J connectivity index is 1.79. The van der Waals surface area contributed by atoms with Crippen molar-refractivity contribution in [3.8, 4) is 5.75 Å². The van der Waals surface area contributed by atoms with Crippen molar-refractivity contribution in [2.24, 2.45) is 0 Å². The van der Waals surface area contributed by atoms with Gasteiger partial charge in [0.1, 0.15) is 12.4 Å². The number of amides is 1. The number of halogens is 1. The molecule has 0 aliphatic rings. The van der Waals surface area contributed by atoms with Gasteiger partial charge >= 0.3 is 0 Å². The number of hydrogen-bond acceptors (Lipinski definition) is 4. The van der Waals surface area contributed by atoms with Crippen LogP contribution >= 0.6 is 15.9 Å². The maximum Gasteiger partial charge on any atom is 0.265 e. The Morgan fingerprint density at radius 2 is 1.57 bits per heavy atom. The number of sulfonamides is 1. The molecule has 0 aliphatic heterocycles. The normalized spacial score (nSPS) is 11.2. The minimum atomic E-state index is -3.98. The highest BCUT2D eigenvalue weighted by Crippen LogP contribution is 2.22. The van der Waals surface area contributed by atoms with Crippen molar-refractivity contribution < 1.29 is 17.9 Å². The number of ether oxygens (including phenoxy) is 1. The van der Waals surface area contributed by atoms with Crippen LogP contribution in [0, 0.1) is 20.8 Å². The first-order valence-electron chi connectivity index (χ1n) is 9.28. The molecular formula is C23H22BrNO4S. The minimum Gasteiger partial charge on any atom is -0.489 e. The Hall–Kier alpha value is -2.64. The molecule has 156 valence electrons. The quantitative estimate of drug-likeness (QED) is 0.526. The first kappa shape index (κ1) is 22.1. The van der Waals surface area contributed by atoms with Gasteiger partial charge in [0.15, 0.2) is 0 Å². The number of nitrogens with one attached hydrogen (secondary N) is 1. The zero-order valence-electron chi connectivity index (χ0n) is 16.9. The Bertz CT molecular complexity index is 1170. The van der Waals surface area contributed by atoms with Gasteiger partial charge in [0.25, 0.3) is 15.9 Å². The topological polar surface area (TPSA) is 72.5 Å². The first-order chi connectivity index (χ1) is 14.2. The van der Waals surface area contributed by atoms with Crippen molar-refractivity contribution in [1.82, 2.24) is 4.72 Å². The molecule has 0 bridgehead atoms. The molecule has 0 unspecified atom stereocenters. The van der Waals surface area contributed by atoms with Gasteiger partial charge in [-0.2, -0.15) is 0 Å². The van der Waals surface area contributed by atoms with Gasteiger partial charge in [-0.1, -0.05) is 40.2 Å². The fourth-order valence-electron chi connectivity index (χ4n) is 3.02. The van der Waals surface area contributed by atoms with Crippen molar-refractivity contribution in [3.63, 3.8) is 0 Å². The number of aryl methyl sites for hydroxylation is 3. The van der Waals surface area contributed by atoms with Crippen molar-refractivity contribution in [2.75, 3.05) is 0 Å². The second-order valence-corrected chi connectivity index (χ2v) is 9.62. The average Bonchev–Trinajstić information content (AvgIpc) is 2.68. The van der Waals surface area contributed by atoms with Gasteiger partial charge in [-0.25, -0.2) is 13.1 Å². The van der Waals surface area contributed by atoms with E-state index in [0.29, 0.717) is 17.9 Å². The first-order valence-corrected chi connectivity index (χ1v) is 11.6. The molecule has 5 nitrogen and oxygen atoms in total. The molecule has 1 N–H and O–H groups in total. The van der Waals surface area contributed by atoms with E-state index in [2.05, 4.69) is 20.7 Å². The second-order valence-electron chi connectivity index (χ2n) is 7.02. The van der Waals surface area contributed by atoms with Gasteiger partial charge in [-0.05, 0) is 79.4 Å². The summed E-state index contributed by atoms with van der Waals surface area (Å²) in [6, 6.07) is 17.2.